The number of halogens is 1. The molecule has 0 aliphatic rings. The van der Waals surface area contributed by atoms with Gasteiger partial charge in [-0.05, 0) is 18.6 Å². The lowest BCUT2D eigenvalue weighted by atomic mass is 10.2. The van der Waals surface area contributed by atoms with Gasteiger partial charge in [-0.15, -0.1) is 6.42 Å². The fraction of sp³-hybridized carbons (Fsp3) is 0.300. The summed E-state index contributed by atoms with van der Waals surface area (Å²) >= 11 is 5.89. The van der Waals surface area contributed by atoms with Crippen LogP contribution in [0, 0.1) is 12.3 Å². The average Bonchev–Trinajstić information content (AvgIpc) is 2.17. The first kappa shape index (κ1) is 9.88. The highest BCUT2D eigenvalue weighted by molar-refractivity contribution is 6.32. The molecule has 1 atom stereocenters. The fourth-order valence-electron chi connectivity index (χ4n) is 0.919. The average molecular weight is 195 g/mol. The third kappa shape index (κ3) is 2.64. The van der Waals surface area contributed by atoms with Crippen LogP contribution in [0.25, 0.3) is 0 Å². The van der Waals surface area contributed by atoms with Crippen molar-refractivity contribution in [1.82, 2.24) is 4.98 Å². The third-order valence-corrected chi connectivity index (χ3v) is 1.98. The summed E-state index contributed by atoms with van der Waals surface area (Å²) in [4.78, 5) is 4.08. The molecule has 0 radical (unpaired) electrons. The van der Waals surface area contributed by atoms with E-state index in [-0.39, 0.29) is 6.04 Å². The van der Waals surface area contributed by atoms with E-state index in [2.05, 4.69) is 16.2 Å². The van der Waals surface area contributed by atoms with Crippen molar-refractivity contribution >= 4 is 17.4 Å². The van der Waals surface area contributed by atoms with Crippen molar-refractivity contribution in [1.29, 1.82) is 0 Å². The molecule has 0 aromatic carbocycles. The SMILES string of the molecule is C#CC(CC)Nc1ncccc1Cl. The van der Waals surface area contributed by atoms with Gasteiger partial charge in [0.05, 0.1) is 11.1 Å². The molecule has 0 saturated heterocycles. The Labute approximate surface area is 83.3 Å². The first-order valence-electron chi connectivity index (χ1n) is 4.11. The Bertz CT molecular complexity index is 317. The maximum absolute atomic E-state index is 5.89. The topological polar surface area (TPSA) is 24.9 Å². The van der Waals surface area contributed by atoms with Crippen molar-refractivity contribution in [3.05, 3.63) is 23.4 Å². The van der Waals surface area contributed by atoms with E-state index in [9.17, 15) is 0 Å². The Kier molecular flexibility index (Phi) is 3.60. The number of nitrogens with one attached hydrogen (secondary N) is 1. The van der Waals surface area contributed by atoms with E-state index in [1.54, 1.807) is 18.3 Å². The van der Waals surface area contributed by atoms with E-state index in [1.807, 2.05) is 6.92 Å². The van der Waals surface area contributed by atoms with E-state index in [4.69, 9.17) is 18.0 Å². The van der Waals surface area contributed by atoms with Gasteiger partial charge in [-0.3, -0.25) is 0 Å². The number of pyridine rings is 1. The van der Waals surface area contributed by atoms with Crippen molar-refractivity contribution in [2.24, 2.45) is 0 Å². The van der Waals surface area contributed by atoms with Crippen LogP contribution in [0.4, 0.5) is 5.82 Å². The highest BCUT2D eigenvalue weighted by Crippen LogP contribution is 2.18. The Morgan fingerprint density at radius 2 is 2.54 bits per heavy atom. The maximum Gasteiger partial charge on any atom is 0.145 e. The molecule has 1 aromatic rings. The van der Waals surface area contributed by atoms with Crippen LogP contribution in [0.5, 0.6) is 0 Å². The van der Waals surface area contributed by atoms with Gasteiger partial charge in [0.15, 0.2) is 0 Å². The Morgan fingerprint density at radius 1 is 1.77 bits per heavy atom. The van der Waals surface area contributed by atoms with Crippen LogP contribution in [0.1, 0.15) is 13.3 Å². The Hall–Kier alpha value is -1.20. The molecule has 13 heavy (non-hydrogen) atoms. The summed E-state index contributed by atoms with van der Waals surface area (Å²) in [7, 11) is 0. The molecule has 1 heterocycles. The highest BCUT2D eigenvalue weighted by atomic mass is 35.5. The van der Waals surface area contributed by atoms with Crippen molar-refractivity contribution in [2.45, 2.75) is 19.4 Å². The molecule has 1 unspecified atom stereocenters. The third-order valence-electron chi connectivity index (χ3n) is 1.68. The van der Waals surface area contributed by atoms with Gasteiger partial charge in [-0.2, -0.15) is 0 Å². The first-order chi connectivity index (χ1) is 6.27. The molecule has 0 spiro atoms. The summed E-state index contributed by atoms with van der Waals surface area (Å²) in [5.74, 6) is 3.26. The second-order valence-electron chi connectivity index (χ2n) is 2.61. The maximum atomic E-state index is 5.89. The minimum atomic E-state index is -0.00704. The van der Waals surface area contributed by atoms with Crippen LogP contribution in [-0.2, 0) is 0 Å². The van der Waals surface area contributed by atoms with Gasteiger partial charge in [0.2, 0.25) is 0 Å². The lowest BCUT2D eigenvalue weighted by Crippen LogP contribution is -2.16. The van der Waals surface area contributed by atoms with Gasteiger partial charge in [-0.25, -0.2) is 4.98 Å². The smallest absolute Gasteiger partial charge is 0.145 e. The van der Waals surface area contributed by atoms with Gasteiger partial charge >= 0.3 is 0 Å². The molecule has 0 fully saturated rings. The van der Waals surface area contributed by atoms with Crippen molar-refractivity contribution in [2.75, 3.05) is 5.32 Å². The van der Waals surface area contributed by atoms with Crippen LogP contribution in [0.15, 0.2) is 18.3 Å². The lowest BCUT2D eigenvalue weighted by Gasteiger charge is -2.11. The van der Waals surface area contributed by atoms with Crippen molar-refractivity contribution in [3.63, 3.8) is 0 Å². The van der Waals surface area contributed by atoms with Crippen LogP contribution in [0.2, 0.25) is 5.02 Å². The van der Waals surface area contributed by atoms with Crippen LogP contribution in [-0.4, -0.2) is 11.0 Å². The molecular formula is C10H11ClN2. The molecule has 3 heteroatoms. The van der Waals surface area contributed by atoms with Crippen LogP contribution >= 0.6 is 11.6 Å². The normalized spacial score (nSPS) is 11.8. The molecule has 1 aromatic heterocycles. The van der Waals surface area contributed by atoms with E-state index < -0.39 is 0 Å². The number of terminal acetylenes is 1. The van der Waals surface area contributed by atoms with Gasteiger partial charge in [0, 0.05) is 6.20 Å². The van der Waals surface area contributed by atoms with Crippen LogP contribution < -0.4 is 5.32 Å². The predicted molar refractivity (Wildman–Crippen MR) is 55.8 cm³/mol. The summed E-state index contributed by atoms with van der Waals surface area (Å²) < 4.78 is 0. The summed E-state index contributed by atoms with van der Waals surface area (Å²) in [6.45, 7) is 2.01. The second kappa shape index (κ2) is 4.74. The summed E-state index contributed by atoms with van der Waals surface area (Å²) in [6.07, 6.45) is 7.83. The number of hydrogen-bond acceptors (Lipinski definition) is 2. The highest BCUT2D eigenvalue weighted by Gasteiger charge is 2.04. The number of rotatable bonds is 3. The molecule has 68 valence electrons. The molecular weight excluding hydrogens is 184 g/mol. The predicted octanol–water partition coefficient (Wildman–Crippen LogP) is 2.56. The number of anilines is 1. The zero-order valence-electron chi connectivity index (χ0n) is 7.42. The van der Waals surface area contributed by atoms with Gasteiger partial charge in [0.25, 0.3) is 0 Å². The summed E-state index contributed by atoms with van der Waals surface area (Å²) in [5, 5.41) is 3.66. The summed E-state index contributed by atoms with van der Waals surface area (Å²) in [6, 6.07) is 3.55. The molecule has 1 rings (SSSR count). The molecule has 2 nitrogen and oxygen atoms in total. The number of nitrogens with zero attached hydrogens (tertiary/aromatic N) is 1. The van der Waals surface area contributed by atoms with E-state index in [1.165, 1.54) is 0 Å². The zero-order valence-corrected chi connectivity index (χ0v) is 8.17. The van der Waals surface area contributed by atoms with Crippen LogP contribution in [0.3, 0.4) is 0 Å². The first-order valence-corrected chi connectivity index (χ1v) is 4.49. The quantitative estimate of drug-likeness (QED) is 0.749. The zero-order chi connectivity index (χ0) is 9.68. The standard InChI is InChI=1S/C10H11ClN2/c1-3-8(4-2)13-10-9(11)6-5-7-12-10/h1,5-8H,4H2,2H3,(H,12,13). The van der Waals surface area contributed by atoms with Gasteiger partial charge in [-0.1, -0.05) is 24.4 Å². The second-order valence-corrected chi connectivity index (χ2v) is 3.01. The molecule has 0 aliphatic carbocycles. The Morgan fingerprint density at radius 3 is 3.08 bits per heavy atom. The minimum Gasteiger partial charge on any atom is -0.355 e. The monoisotopic (exact) mass is 194 g/mol. The number of aromatic nitrogens is 1. The summed E-state index contributed by atoms with van der Waals surface area (Å²) in [5.41, 5.74) is 0. The van der Waals surface area contributed by atoms with Gasteiger partial charge < -0.3 is 5.32 Å². The molecule has 1 N–H and O–H groups in total. The van der Waals surface area contributed by atoms with Crippen molar-refractivity contribution in [3.8, 4) is 12.3 Å². The molecule has 0 amide bonds. The van der Waals surface area contributed by atoms with E-state index in [0.29, 0.717) is 10.8 Å². The Balaban J connectivity index is 2.74. The lowest BCUT2D eigenvalue weighted by molar-refractivity contribution is 0.851. The van der Waals surface area contributed by atoms with Gasteiger partial charge in [0.1, 0.15) is 5.82 Å². The molecule has 0 saturated carbocycles. The molecule has 0 aliphatic heterocycles. The van der Waals surface area contributed by atoms with E-state index in [0.717, 1.165) is 6.42 Å². The largest absolute Gasteiger partial charge is 0.355 e. The minimum absolute atomic E-state index is 0.00704. The van der Waals surface area contributed by atoms with E-state index >= 15 is 0 Å². The number of hydrogen-bond donors (Lipinski definition) is 1. The van der Waals surface area contributed by atoms with Crippen molar-refractivity contribution < 1.29 is 0 Å². The molecule has 0 bridgehead atoms. The fourth-order valence-corrected chi connectivity index (χ4v) is 1.09.